The summed E-state index contributed by atoms with van der Waals surface area (Å²) < 4.78 is 55.2. The van der Waals surface area contributed by atoms with E-state index in [1.165, 1.54) is 0 Å². The van der Waals surface area contributed by atoms with E-state index in [-0.39, 0.29) is 0 Å². The molecule has 0 aromatic rings. The van der Waals surface area contributed by atoms with Crippen LogP contribution in [0.15, 0.2) is 0 Å². The van der Waals surface area contributed by atoms with Crippen LogP contribution < -0.4 is 0 Å². The molecule has 29 atom stereocenters. The Kier molecular flexibility index (Phi) is 21.1. The Morgan fingerprint density at radius 2 is 0.582 bits per heavy atom. The van der Waals surface area contributed by atoms with Gasteiger partial charge in [0.15, 0.2) is 31.5 Å². The fourth-order valence-electron chi connectivity index (χ4n) is 8.09. The van der Waals surface area contributed by atoms with Crippen molar-refractivity contribution in [3.63, 3.8) is 0 Å². The molecule has 31 nitrogen and oxygen atoms in total. The Hall–Kier alpha value is -1.24. The quantitative estimate of drug-likeness (QED) is 0.0538. The molecular formula is C36H64O31. The molecule has 5 rings (SSSR count). The molecule has 5 fully saturated rings. The Balaban J connectivity index is 1.35. The summed E-state index contributed by atoms with van der Waals surface area (Å²) >= 11 is 0. The summed E-state index contributed by atoms with van der Waals surface area (Å²) in [5.74, 6) is 0. The highest BCUT2D eigenvalue weighted by atomic mass is 16.8. The van der Waals surface area contributed by atoms with Crippen LogP contribution in [0.3, 0.4) is 0 Å². The van der Waals surface area contributed by atoms with Gasteiger partial charge in [0.05, 0.1) is 46.2 Å². The molecule has 0 aromatic heterocycles. The lowest BCUT2D eigenvalue weighted by Crippen LogP contribution is -2.68. The van der Waals surface area contributed by atoms with Gasteiger partial charge in [-0.1, -0.05) is 0 Å². The zero-order valence-electron chi connectivity index (χ0n) is 35.2. The lowest BCUT2D eigenvalue weighted by molar-refractivity contribution is -0.396. The average Bonchev–Trinajstić information content (AvgIpc) is 3.32. The maximum Gasteiger partial charge on any atom is 0.187 e. The topological polar surface area (TPSA) is 517 Å². The van der Waals surface area contributed by atoms with Crippen molar-refractivity contribution in [1.29, 1.82) is 0 Å². The zero-order valence-corrected chi connectivity index (χ0v) is 35.2. The van der Waals surface area contributed by atoms with E-state index in [2.05, 4.69) is 0 Å². The number of ether oxygens (including phenoxy) is 10. The summed E-state index contributed by atoms with van der Waals surface area (Å²) in [6, 6.07) is 0. The van der Waals surface area contributed by atoms with Gasteiger partial charge in [0, 0.05) is 0 Å². The van der Waals surface area contributed by atoms with E-state index in [9.17, 15) is 107 Å². The molecule has 5 aliphatic heterocycles. The van der Waals surface area contributed by atoms with Crippen molar-refractivity contribution < 1.29 is 155 Å². The van der Waals surface area contributed by atoms with Crippen LogP contribution in [0.1, 0.15) is 0 Å². The minimum absolute atomic E-state index is 0.880. The van der Waals surface area contributed by atoms with Gasteiger partial charge in [0.25, 0.3) is 0 Å². The SMILES string of the molecule is OCC(O)C(O)C(OC1OC(CO)C(O)C(OC2OC(CO)C(O)C(OC3OC(CO)C(O)C(OC4OC(CO)C(O)C(OC5OC(CO)C(O)C(O)C5O)C4O)C3O)C2O)C1O)C(O)CO. The molecule has 0 spiro atoms. The highest BCUT2D eigenvalue weighted by molar-refractivity contribution is 4.99. The Labute approximate surface area is 378 Å². The highest BCUT2D eigenvalue weighted by Crippen LogP contribution is 2.36. The molecule has 0 radical (unpaired) electrons. The summed E-state index contributed by atoms with van der Waals surface area (Å²) in [6.45, 7) is -7.16. The van der Waals surface area contributed by atoms with Crippen molar-refractivity contribution in [2.24, 2.45) is 0 Å². The van der Waals surface area contributed by atoms with Crippen molar-refractivity contribution in [3.8, 4) is 0 Å². The third-order valence-electron chi connectivity index (χ3n) is 12.1. The molecule has 5 aliphatic rings. The number of aliphatic hydroxyl groups excluding tert-OH is 21. The van der Waals surface area contributed by atoms with E-state index < -0.39 is 224 Å². The second-order valence-electron chi connectivity index (χ2n) is 16.5. The molecule has 0 amide bonds. The second kappa shape index (κ2) is 24.9. The third kappa shape index (κ3) is 12.2. The fraction of sp³-hybridized carbons (Fsp3) is 1.00. The predicted octanol–water partition coefficient (Wildman–Crippen LogP) is -14.5. The molecule has 0 aromatic carbocycles. The smallest absolute Gasteiger partial charge is 0.187 e. The number of hydrogen-bond donors (Lipinski definition) is 21. The first kappa shape index (κ1) is 56.7. The molecule has 67 heavy (non-hydrogen) atoms. The van der Waals surface area contributed by atoms with E-state index in [4.69, 9.17) is 47.4 Å². The van der Waals surface area contributed by atoms with E-state index in [1.54, 1.807) is 0 Å². The van der Waals surface area contributed by atoms with Crippen LogP contribution in [0.25, 0.3) is 0 Å². The van der Waals surface area contributed by atoms with Crippen LogP contribution in [0.4, 0.5) is 0 Å². The maximum absolute atomic E-state index is 11.5. The van der Waals surface area contributed by atoms with Crippen molar-refractivity contribution in [1.82, 2.24) is 0 Å². The van der Waals surface area contributed by atoms with Gasteiger partial charge in [-0.3, -0.25) is 0 Å². The van der Waals surface area contributed by atoms with Crippen molar-refractivity contribution in [2.45, 2.75) is 178 Å². The molecule has 0 bridgehead atoms. The molecule has 5 heterocycles. The lowest BCUT2D eigenvalue weighted by Gasteiger charge is -2.50. The molecular weight excluding hydrogens is 928 g/mol. The van der Waals surface area contributed by atoms with E-state index in [0.717, 1.165) is 0 Å². The van der Waals surface area contributed by atoms with Gasteiger partial charge in [-0.05, 0) is 0 Å². The van der Waals surface area contributed by atoms with E-state index >= 15 is 0 Å². The summed E-state index contributed by atoms with van der Waals surface area (Å²) in [4.78, 5) is 0. The normalized spacial score (nSPS) is 48.4. The second-order valence-corrected chi connectivity index (χ2v) is 16.5. The summed E-state index contributed by atoms with van der Waals surface area (Å²) in [5.41, 5.74) is 0. The molecule has 394 valence electrons. The number of aliphatic hydroxyl groups is 21. The van der Waals surface area contributed by atoms with Gasteiger partial charge >= 0.3 is 0 Å². The summed E-state index contributed by atoms with van der Waals surface area (Å²) in [5, 5.41) is 220. The first-order chi connectivity index (χ1) is 31.7. The summed E-state index contributed by atoms with van der Waals surface area (Å²) in [7, 11) is 0. The molecule has 29 unspecified atom stereocenters. The van der Waals surface area contributed by atoms with Gasteiger partial charge in [0.1, 0.15) is 146 Å². The van der Waals surface area contributed by atoms with Gasteiger partial charge < -0.3 is 155 Å². The standard InChI is InChI=1S/C36H64O31/c37-1-8(44)15(46)27(9(45)2-38)63-33-23(54)29(18(49)11(4-40)59-33)65-35-25(56)31(20(51)13(6-42)61-35)67-36-26(57)30(19(50)14(7-43)62-36)66-34-24(55)28(17(48)12(5-41)60-34)64-32-22(53)21(52)16(47)10(3-39)58-32/h8-57H,1-7H2. The minimum Gasteiger partial charge on any atom is -0.394 e. The van der Waals surface area contributed by atoms with Crippen molar-refractivity contribution in [3.05, 3.63) is 0 Å². The van der Waals surface area contributed by atoms with Gasteiger partial charge in [-0.25, -0.2) is 0 Å². The van der Waals surface area contributed by atoms with E-state index in [1.807, 2.05) is 0 Å². The van der Waals surface area contributed by atoms with Crippen LogP contribution in [-0.2, 0) is 47.4 Å². The predicted molar refractivity (Wildman–Crippen MR) is 201 cm³/mol. The number of hydrogen-bond acceptors (Lipinski definition) is 31. The van der Waals surface area contributed by atoms with Crippen LogP contribution in [-0.4, -0.2) is 331 Å². The van der Waals surface area contributed by atoms with Crippen molar-refractivity contribution in [2.75, 3.05) is 46.2 Å². The third-order valence-corrected chi connectivity index (χ3v) is 12.1. The monoisotopic (exact) mass is 992 g/mol. The molecule has 0 saturated carbocycles. The number of rotatable bonds is 20. The molecule has 5 saturated heterocycles. The highest BCUT2D eigenvalue weighted by Gasteiger charge is 2.57. The zero-order chi connectivity index (χ0) is 49.8. The van der Waals surface area contributed by atoms with E-state index in [0.29, 0.717) is 0 Å². The first-order valence-corrected chi connectivity index (χ1v) is 21.1. The van der Waals surface area contributed by atoms with Gasteiger partial charge in [-0.15, -0.1) is 0 Å². The Bertz CT molecular complexity index is 1460. The minimum atomic E-state index is -2.28. The summed E-state index contributed by atoms with van der Waals surface area (Å²) in [6.07, 6.45) is -57.9. The van der Waals surface area contributed by atoms with Crippen LogP contribution in [0.5, 0.6) is 0 Å². The Morgan fingerprint density at radius 1 is 0.313 bits per heavy atom. The fourth-order valence-corrected chi connectivity index (χ4v) is 8.09. The van der Waals surface area contributed by atoms with Gasteiger partial charge in [0.2, 0.25) is 0 Å². The van der Waals surface area contributed by atoms with Crippen LogP contribution >= 0.6 is 0 Å². The molecule has 31 heteroatoms. The first-order valence-electron chi connectivity index (χ1n) is 21.1. The Morgan fingerprint density at radius 3 is 0.881 bits per heavy atom. The maximum atomic E-state index is 11.5. The van der Waals surface area contributed by atoms with Gasteiger partial charge in [-0.2, -0.15) is 0 Å². The van der Waals surface area contributed by atoms with Crippen LogP contribution in [0, 0.1) is 0 Å². The average molecular weight is 993 g/mol. The van der Waals surface area contributed by atoms with Crippen LogP contribution in [0.2, 0.25) is 0 Å². The molecule has 21 N–H and O–H groups in total. The molecule has 0 aliphatic carbocycles. The largest absolute Gasteiger partial charge is 0.394 e. The van der Waals surface area contributed by atoms with Crippen molar-refractivity contribution >= 4 is 0 Å². The lowest BCUT2D eigenvalue weighted by atomic mass is 9.95.